The summed E-state index contributed by atoms with van der Waals surface area (Å²) in [6.45, 7) is 3.05. The van der Waals surface area contributed by atoms with Gasteiger partial charge in [0, 0.05) is 11.8 Å². The van der Waals surface area contributed by atoms with Gasteiger partial charge in [0.2, 0.25) is 10.0 Å². The van der Waals surface area contributed by atoms with E-state index in [0.29, 0.717) is 5.69 Å². The molecule has 1 heterocycles. The highest BCUT2D eigenvalue weighted by molar-refractivity contribution is 7.89. The normalized spacial score (nSPS) is 19.7. The van der Waals surface area contributed by atoms with Gasteiger partial charge in [-0.1, -0.05) is 0 Å². The summed E-state index contributed by atoms with van der Waals surface area (Å²) in [6.07, 6.45) is 1.25. The molecule has 116 valence electrons. The molecule has 2 N–H and O–H groups in total. The maximum absolute atomic E-state index is 11.9. The number of esters is 1. The third-order valence-corrected chi connectivity index (χ3v) is 3.95. The van der Waals surface area contributed by atoms with E-state index >= 15 is 0 Å². The molecule has 1 atom stereocenters. The van der Waals surface area contributed by atoms with Crippen LogP contribution in [-0.2, 0) is 24.3 Å². The van der Waals surface area contributed by atoms with E-state index in [1.165, 1.54) is 44.2 Å². The molecule has 1 aromatic carbocycles. The van der Waals surface area contributed by atoms with Gasteiger partial charge in [0.05, 0.1) is 10.6 Å². The van der Waals surface area contributed by atoms with Crippen molar-refractivity contribution in [2.45, 2.75) is 18.7 Å². The molecule has 0 fully saturated rings. The van der Waals surface area contributed by atoms with E-state index < -0.39 is 27.7 Å². The standard InChI is InChI=1S/C14H14N2O5S/c1-8-7-12(17)13(14(18)21-8)9(2)16-10-3-5-11(6-4-10)22(15,19)20/h3-7,13H,1-2H3,(H2,15,19,20)/t13-/m1/s1. The minimum Gasteiger partial charge on any atom is -0.430 e. The number of rotatable bonds is 3. The number of carbonyl (C=O) groups is 2. The molecule has 1 aromatic rings. The van der Waals surface area contributed by atoms with Crippen LogP contribution in [0.2, 0.25) is 0 Å². The summed E-state index contributed by atoms with van der Waals surface area (Å²) in [5.41, 5.74) is 0.666. The molecule has 0 unspecified atom stereocenters. The number of sulfonamides is 1. The fourth-order valence-corrected chi connectivity index (χ4v) is 2.52. The van der Waals surface area contributed by atoms with Crippen LogP contribution in [0.5, 0.6) is 0 Å². The van der Waals surface area contributed by atoms with E-state index in [1.54, 1.807) is 0 Å². The van der Waals surface area contributed by atoms with Gasteiger partial charge in [-0.15, -0.1) is 0 Å². The molecule has 0 aromatic heterocycles. The fourth-order valence-electron chi connectivity index (χ4n) is 2.00. The van der Waals surface area contributed by atoms with Crippen molar-refractivity contribution in [2.75, 3.05) is 0 Å². The second kappa shape index (κ2) is 5.82. The van der Waals surface area contributed by atoms with Gasteiger partial charge in [-0.3, -0.25) is 14.6 Å². The number of benzene rings is 1. The number of primary sulfonamides is 1. The van der Waals surface area contributed by atoms with Crippen molar-refractivity contribution in [2.24, 2.45) is 16.0 Å². The van der Waals surface area contributed by atoms with Gasteiger partial charge in [0.15, 0.2) is 11.7 Å². The highest BCUT2D eigenvalue weighted by atomic mass is 32.2. The largest absolute Gasteiger partial charge is 0.430 e. The molecule has 2 rings (SSSR count). The van der Waals surface area contributed by atoms with Crippen LogP contribution >= 0.6 is 0 Å². The molecule has 0 amide bonds. The topological polar surface area (TPSA) is 116 Å². The number of nitrogens with zero attached hydrogens (tertiary/aromatic N) is 1. The van der Waals surface area contributed by atoms with E-state index in [0.717, 1.165) is 0 Å². The number of allylic oxidation sites excluding steroid dienone is 2. The van der Waals surface area contributed by atoms with Gasteiger partial charge in [0.25, 0.3) is 0 Å². The summed E-state index contributed by atoms with van der Waals surface area (Å²) in [6, 6.07) is 5.46. The van der Waals surface area contributed by atoms with Crippen molar-refractivity contribution in [3.8, 4) is 0 Å². The van der Waals surface area contributed by atoms with Crippen LogP contribution in [0.4, 0.5) is 5.69 Å². The first kappa shape index (κ1) is 16.1. The first-order chi connectivity index (χ1) is 10.2. The summed E-state index contributed by atoms with van der Waals surface area (Å²) in [4.78, 5) is 27.8. The lowest BCUT2D eigenvalue weighted by Gasteiger charge is -2.18. The van der Waals surface area contributed by atoms with Crippen LogP contribution in [0.3, 0.4) is 0 Å². The average molecular weight is 322 g/mol. The Hall–Kier alpha value is -2.32. The zero-order chi connectivity index (χ0) is 16.5. The second-order valence-corrected chi connectivity index (χ2v) is 6.36. The lowest BCUT2D eigenvalue weighted by atomic mass is 9.96. The summed E-state index contributed by atoms with van der Waals surface area (Å²) >= 11 is 0. The molecule has 7 nitrogen and oxygen atoms in total. The SMILES string of the molecule is CC1=CC(=O)[C@@H](C(C)=Nc2ccc(S(N)(=O)=O)cc2)C(=O)O1. The van der Waals surface area contributed by atoms with Crippen LogP contribution in [0.1, 0.15) is 13.8 Å². The Morgan fingerprint density at radius 1 is 1.23 bits per heavy atom. The van der Waals surface area contributed by atoms with Crippen LogP contribution in [0, 0.1) is 5.92 Å². The van der Waals surface area contributed by atoms with E-state index in [-0.39, 0.29) is 16.4 Å². The molecule has 8 heteroatoms. The number of hydrogen-bond acceptors (Lipinski definition) is 6. The van der Waals surface area contributed by atoms with E-state index in [1.807, 2.05) is 0 Å². The Bertz CT molecular complexity index is 791. The average Bonchev–Trinajstić information content (AvgIpc) is 2.36. The Morgan fingerprint density at radius 2 is 1.82 bits per heavy atom. The number of aliphatic imine (C=N–C) groups is 1. The van der Waals surface area contributed by atoms with Gasteiger partial charge in [-0.05, 0) is 38.1 Å². The molecular formula is C14H14N2O5S. The van der Waals surface area contributed by atoms with Gasteiger partial charge < -0.3 is 4.74 Å². The number of nitrogens with two attached hydrogens (primary N) is 1. The molecular weight excluding hydrogens is 308 g/mol. The molecule has 1 aliphatic heterocycles. The molecule has 22 heavy (non-hydrogen) atoms. The molecule has 0 aliphatic carbocycles. The van der Waals surface area contributed by atoms with Crippen LogP contribution in [-0.4, -0.2) is 25.9 Å². The van der Waals surface area contributed by atoms with Crippen LogP contribution < -0.4 is 5.14 Å². The molecule has 1 aliphatic rings. The zero-order valence-corrected chi connectivity index (χ0v) is 12.8. The van der Waals surface area contributed by atoms with E-state index in [9.17, 15) is 18.0 Å². The molecule has 0 saturated carbocycles. The third kappa shape index (κ3) is 3.46. The van der Waals surface area contributed by atoms with Crippen molar-refractivity contribution in [3.05, 3.63) is 36.1 Å². The van der Waals surface area contributed by atoms with Crippen molar-refractivity contribution >= 4 is 33.2 Å². The highest BCUT2D eigenvalue weighted by Gasteiger charge is 2.33. The molecule has 0 radical (unpaired) electrons. The molecule has 0 bridgehead atoms. The minimum atomic E-state index is -3.78. The van der Waals surface area contributed by atoms with Crippen LogP contribution in [0.25, 0.3) is 0 Å². The maximum atomic E-state index is 11.9. The fraction of sp³-hybridized carbons (Fsp3) is 0.214. The maximum Gasteiger partial charge on any atom is 0.327 e. The van der Waals surface area contributed by atoms with Crippen molar-refractivity contribution in [1.82, 2.24) is 0 Å². The predicted molar refractivity (Wildman–Crippen MR) is 78.9 cm³/mol. The smallest absolute Gasteiger partial charge is 0.327 e. The predicted octanol–water partition coefficient (Wildman–Crippen LogP) is 1.07. The lowest BCUT2D eigenvalue weighted by Crippen LogP contribution is -2.34. The summed E-state index contributed by atoms with van der Waals surface area (Å²) in [5, 5.41) is 5.00. The summed E-state index contributed by atoms with van der Waals surface area (Å²) in [7, 11) is -3.78. The number of cyclic esters (lactones) is 1. The zero-order valence-electron chi connectivity index (χ0n) is 11.9. The highest BCUT2D eigenvalue weighted by Crippen LogP contribution is 2.21. The van der Waals surface area contributed by atoms with E-state index in [4.69, 9.17) is 9.88 Å². The van der Waals surface area contributed by atoms with Crippen molar-refractivity contribution in [3.63, 3.8) is 0 Å². The second-order valence-electron chi connectivity index (χ2n) is 4.80. The Morgan fingerprint density at radius 3 is 2.32 bits per heavy atom. The van der Waals surface area contributed by atoms with Crippen LogP contribution in [0.15, 0.2) is 46.0 Å². The monoisotopic (exact) mass is 322 g/mol. The van der Waals surface area contributed by atoms with Gasteiger partial charge in [-0.2, -0.15) is 0 Å². The first-order valence-electron chi connectivity index (χ1n) is 6.30. The first-order valence-corrected chi connectivity index (χ1v) is 7.85. The molecule has 0 saturated heterocycles. The Balaban J connectivity index is 2.29. The van der Waals surface area contributed by atoms with Gasteiger partial charge in [0.1, 0.15) is 5.76 Å². The summed E-state index contributed by atoms with van der Waals surface area (Å²) < 4.78 is 27.2. The number of ketones is 1. The van der Waals surface area contributed by atoms with E-state index in [2.05, 4.69) is 4.99 Å². The summed E-state index contributed by atoms with van der Waals surface area (Å²) in [5.74, 6) is -1.90. The quantitative estimate of drug-likeness (QED) is 0.507. The number of carbonyl (C=O) groups excluding carboxylic acids is 2. The van der Waals surface area contributed by atoms with Crippen molar-refractivity contribution in [1.29, 1.82) is 0 Å². The third-order valence-electron chi connectivity index (χ3n) is 3.02. The lowest BCUT2D eigenvalue weighted by molar-refractivity contribution is -0.146. The molecule has 0 spiro atoms. The van der Waals surface area contributed by atoms with Gasteiger partial charge >= 0.3 is 5.97 Å². The number of hydrogen-bond donors (Lipinski definition) is 1. The minimum absolute atomic E-state index is 0.0455. The Labute approximate surface area is 127 Å². The van der Waals surface area contributed by atoms with Crippen molar-refractivity contribution < 1.29 is 22.7 Å². The number of ether oxygens (including phenoxy) is 1. The van der Waals surface area contributed by atoms with Gasteiger partial charge in [-0.25, -0.2) is 13.6 Å². The Kier molecular flexibility index (Phi) is 4.25.